The van der Waals surface area contributed by atoms with Gasteiger partial charge in [-0.25, -0.2) is 8.78 Å². The lowest BCUT2D eigenvalue weighted by Gasteiger charge is -2.33. The van der Waals surface area contributed by atoms with E-state index in [0.717, 1.165) is 29.4 Å². The van der Waals surface area contributed by atoms with Gasteiger partial charge >= 0.3 is 0 Å². The zero-order valence-corrected chi connectivity index (χ0v) is 14.6. The van der Waals surface area contributed by atoms with Crippen LogP contribution in [-0.4, -0.2) is 0 Å². The van der Waals surface area contributed by atoms with Gasteiger partial charge in [-0.05, 0) is 60.3 Å². The molecule has 130 valence electrons. The van der Waals surface area contributed by atoms with Crippen LogP contribution in [0.3, 0.4) is 0 Å². The average molecular weight is 330 g/mol. The highest BCUT2D eigenvalue weighted by atomic mass is 19.2. The molecule has 1 unspecified atom stereocenters. The molecule has 0 radical (unpaired) electrons. The number of rotatable bonds is 5. The molecule has 0 bridgehead atoms. The van der Waals surface area contributed by atoms with Crippen molar-refractivity contribution >= 4 is 5.57 Å². The average Bonchev–Trinajstić information content (AvgIpc) is 2.63. The van der Waals surface area contributed by atoms with Crippen LogP contribution in [0.25, 0.3) is 5.57 Å². The summed E-state index contributed by atoms with van der Waals surface area (Å²) >= 11 is 0. The topological polar surface area (TPSA) is 0 Å². The highest BCUT2D eigenvalue weighted by molar-refractivity contribution is 5.74. The van der Waals surface area contributed by atoms with Crippen molar-refractivity contribution in [3.8, 4) is 0 Å². The van der Waals surface area contributed by atoms with E-state index < -0.39 is 11.6 Å². The van der Waals surface area contributed by atoms with Crippen LogP contribution < -0.4 is 0 Å². The maximum absolute atomic E-state index is 13.4. The Kier molecular flexibility index (Phi) is 5.86. The largest absolute Gasteiger partial charge is 0.204 e. The maximum Gasteiger partial charge on any atom is 0.159 e. The van der Waals surface area contributed by atoms with Crippen LogP contribution in [0.4, 0.5) is 8.78 Å². The molecule has 0 aromatic heterocycles. The molecule has 0 spiro atoms. The van der Waals surface area contributed by atoms with Crippen molar-refractivity contribution in [2.45, 2.75) is 58.3 Å². The Balaban J connectivity index is 1.54. The van der Waals surface area contributed by atoms with Gasteiger partial charge in [0.1, 0.15) is 0 Å². The number of benzene rings is 1. The number of allylic oxidation sites excluding steroid dienone is 4. The van der Waals surface area contributed by atoms with E-state index in [4.69, 9.17) is 0 Å². The quantitative estimate of drug-likeness (QED) is 0.549. The molecule has 1 saturated carbocycles. The number of hydrogen-bond donors (Lipinski definition) is 0. The highest BCUT2D eigenvalue weighted by Gasteiger charge is 2.26. The number of unbranched alkanes of at least 4 members (excludes halogenated alkanes) is 1. The summed E-state index contributed by atoms with van der Waals surface area (Å²) in [6.45, 7) is 2.27. The highest BCUT2D eigenvalue weighted by Crippen LogP contribution is 2.39. The summed E-state index contributed by atoms with van der Waals surface area (Å²) in [6, 6.07) is 4.17. The molecule has 1 aromatic carbocycles. The number of hydrogen-bond acceptors (Lipinski definition) is 0. The van der Waals surface area contributed by atoms with Gasteiger partial charge in [-0.3, -0.25) is 0 Å². The SMILES string of the molecule is CCCCC1CCC(C2C=CC(c3ccc(F)c(F)c3)=CC2)CC1. The minimum Gasteiger partial charge on any atom is -0.204 e. The monoisotopic (exact) mass is 330 g/mol. The van der Waals surface area contributed by atoms with Gasteiger partial charge in [-0.1, -0.05) is 63.3 Å². The minimum absolute atomic E-state index is 0.617. The van der Waals surface area contributed by atoms with Crippen LogP contribution in [0, 0.1) is 29.4 Å². The van der Waals surface area contributed by atoms with E-state index in [1.54, 1.807) is 6.07 Å². The fraction of sp³-hybridized carbons (Fsp3) is 0.545. The Bertz CT molecular complexity index is 606. The van der Waals surface area contributed by atoms with Gasteiger partial charge in [0.25, 0.3) is 0 Å². The van der Waals surface area contributed by atoms with Crippen LogP contribution in [0.2, 0.25) is 0 Å². The lowest BCUT2D eigenvalue weighted by atomic mass is 9.72. The van der Waals surface area contributed by atoms with E-state index in [1.807, 2.05) is 0 Å². The first-order chi connectivity index (χ1) is 11.7. The third-order valence-corrected chi connectivity index (χ3v) is 5.85. The molecule has 0 amide bonds. The second-order valence-corrected chi connectivity index (χ2v) is 7.47. The molecule has 2 heteroatoms. The van der Waals surface area contributed by atoms with Crippen molar-refractivity contribution in [3.05, 3.63) is 53.6 Å². The molecule has 0 heterocycles. The summed E-state index contributed by atoms with van der Waals surface area (Å²) < 4.78 is 26.5. The number of halogens is 2. The molecule has 0 aliphatic heterocycles. The zero-order valence-electron chi connectivity index (χ0n) is 14.6. The third-order valence-electron chi connectivity index (χ3n) is 5.85. The lowest BCUT2D eigenvalue weighted by Crippen LogP contribution is -2.21. The molecule has 2 aliphatic rings. The normalized spacial score (nSPS) is 27.1. The molecule has 0 N–H and O–H groups in total. The summed E-state index contributed by atoms with van der Waals surface area (Å²) in [5.74, 6) is 0.807. The maximum atomic E-state index is 13.4. The van der Waals surface area contributed by atoms with Crippen LogP contribution in [-0.2, 0) is 0 Å². The summed E-state index contributed by atoms with van der Waals surface area (Å²) in [7, 11) is 0. The third kappa shape index (κ3) is 4.15. The first-order valence-corrected chi connectivity index (χ1v) is 9.51. The van der Waals surface area contributed by atoms with Crippen molar-refractivity contribution in [1.82, 2.24) is 0 Å². The van der Waals surface area contributed by atoms with E-state index in [0.29, 0.717) is 5.92 Å². The van der Waals surface area contributed by atoms with Crippen LogP contribution in [0.5, 0.6) is 0 Å². The first kappa shape index (κ1) is 17.4. The molecule has 0 nitrogen and oxygen atoms in total. The van der Waals surface area contributed by atoms with Gasteiger partial charge in [-0.15, -0.1) is 0 Å². The summed E-state index contributed by atoms with van der Waals surface area (Å²) in [5, 5.41) is 0. The molecule has 24 heavy (non-hydrogen) atoms. The van der Waals surface area contributed by atoms with Crippen LogP contribution in [0.15, 0.2) is 36.4 Å². The predicted molar refractivity (Wildman–Crippen MR) is 96.6 cm³/mol. The van der Waals surface area contributed by atoms with Crippen molar-refractivity contribution < 1.29 is 8.78 Å². The Hall–Kier alpha value is -1.44. The van der Waals surface area contributed by atoms with Crippen LogP contribution >= 0.6 is 0 Å². The summed E-state index contributed by atoms with van der Waals surface area (Å²) in [5.41, 5.74) is 1.79. The van der Waals surface area contributed by atoms with E-state index in [1.165, 1.54) is 57.1 Å². The Morgan fingerprint density at radius 1 is 1.04 bits per heavy atom. The van der Waals surface area contributed by atoms with Crippen molar-refractivity contribution in [2.24, 2.45) is 17.8 Å². The standard InChI is InChI=1S/C22H28F2/c1-2-3-4-16-5-7-17(8-6-16)18-9-11-19(12-10-18)20-13-14-21(23)22(24)15-20/h9,11-18H,2-8,10H2,1H3. The molecular weight excluding hydrogens is 302 g/mol. The van der Waals surface area contributed by atoms with Gasteiger partial charge in [0.15, 0.2) is 11.6 Å². The molecule has 0 saturated heterocycles. The Morgan fingerprint density at radius 2 is 1.83 bits per heavy atom. The second-order valence-electron chi connectivity index (χ2n) is 7.47. The molecule has 3 rings (SSSR count). The molecular formula is C22H28F2. The smallest absolute Gasteiger partial charge is 0.159 e. The van der Waals surface area contributed by atoms with Crippen LogP contribution in [0.1, 0.15) is 63.9 Å². The minimum atomic E-state index is -0.781. The van der Waals surface area contributed by atoms with Gasteiger partial charge in [0.05, 0.1) is 0 Å². The van der Waals surface area contributed by atoms with Gasteiger partial charge < -0.3 is 0 Å². The molecule has 1 aromatic rings. The Morgan fingerprint density at radius 3 is 2.46 bits per heavy atom. The molecule has 1 fully saturated rings. The van der Waals surface area contributed by atoms with E-state index in [2.05, 4.69) is 25.2 Å². The van der Waals surface area contributed by atoms with Gasteiger partial charge in [0.2, 0.25) is 0 Å². The second kappa shape index (κ2) is 8.09. The van der Waals surface area contributed by atoms with E-state index in [9.17, 15) is 8.78 Å². The molecule has 1 atom stereocenters. The fourth-order valence-electron chi connectivity index (χ4n) is 4.27. The van der Waals surface area contributed by atoms with Gasteiger partial charge in [-0.2, -0.15) is 0 Å². The van der Waals surface area contributed by atoms with E-state index >= 15 is 0 Å². The summed E-state index contributed by atoms with van der Waals surface area (Å²) in [6.07, 6.45) is 17.2. The van der Waals surface area contributed by atoms with Crippen molar-refractivity contribution in [1.29, 1.82) is 0 Å². The first-order valence-electron chi connectivity index (χ1n) is 9.51. The van der Waals surface area contributed by atoms with Gasteiger partial charge in [0, 0.05) is 0 Å². The van der Waals surface area contributed by atoms with E-state index in [-0.39, 0.29) is 0 Å². The Labute approximate surface area is 144 Å². The van der Waals surface area contributed by atoms with Crippen molar-refractivity contribution in [3.63, 3.8) is 0 Å². The summed E-state index contributed by atoms with van der Waals surface area (Å²) in [4.78, 5) is 0. The fourth-order valence-corrected chi connectivity index (χ4v) is 4.27. The lowest BCUT2D eigenvalue weighted by molar-refractivity contribution is 0.219. The zero-order chi connectivity index (χ0) is 16.9. The predicted octanol–water partition coefficient (Wildman–Crippen LogP) is 6.92. The van der Waals surface area contributed by atoms with Crippen molar-refractivity contribution in [2.75, 3.05) is 0 Å². The molecule has 2 aliphatic carbocycles.